The molecule has 5 heteroatoms. The number of nitrogens with zero attached hydrogens (tertiary/aromatic N) is 2. The first-order chi connectivity index (χ1) is 9.97. The van der Waals surface area contributed by atoms with Crippen molar-refractivity contribution in [2.24, 2.45) is 5.92 Å². The fourth-order valence-electron chi connectivity index (χ4n) is 2.57. The summed E-state index contributed by atoms with van der Waals surface area (Å²) in [6, 6.07) is 5.57. The maximum absolute atomic E-state index is 12.1. The number of hydrogen-bond acceptors (Lipinski definition) is 3. The molecule has 0 spiro atoms. The number of carbonyl (C=O) groups is 1. The van der Waals surface area contributed by atoms with Gasteiger partial charge in [-0.2, -0.15) is 0 Å². The minimum atomic E-state index is -0.0667. The number of carbonyl (C=O) groups excluding carboxylic acids is 1. The number of rotatable bonds is 4. The monoisotopic (exact) mass is 309 g/mol. The molecular formula is C16H24ClN3O. The van der Waals surface area contributed by atoms with E-state index >= 15 is 0 Å². The molecule has 116 valence electrons. The maximum atomic E-state index is 12.1. The van der Waals surface area contributed by atoms with Crippen LogP contribution in [0.1, 0.15) is 23.2 Å². The highest BCUT2D eigenvalue weighted by Crippen LogP contribution is 2.23. The van der Waals surface area contributed by atoms with Gasteiger partial charge in [0.15, 0.2) is 0 Å². The summed E-state index contributed by atoms with van der Waals surface area (Å²) in [7, 11) is 5.64. The predicted octanol–water partition coefficient (Wildman–Crippen LogP) is 2.80. The average Bonchev–Trinajstić information content (AvgIpc) is 2.47. The number of halogens is 1. The highest BCUT2D eigenvalue weighted by molar-refractivity contribution is 6.34. The highest BCUT2D eigenvalue weighted by atomic mass is 35.5. The smallest absolute Gasteiger partial charge is 0.254 e. The molecule has 21 heavy (non-hydrogen) atoms. The number of benzene rings is 1. The Bertz CT molecular complexity index is 496. The van der Waals surface area contributed by atoms with E-state index in [2.05, 4.69) is 17.3 Å². The molecule has 1 aliphatic rings. The van der Waals surface area contributed by atoms with Crippen LogP contribution in [0.2, 0.25) is 5.02 Å². The summed E-state index contributed by atoms with van der Waals surface area (Å²) in [6.45, 7) is 3.28. The van der Waals surface area contributed by atoms with Gasteiger partial charge in [-0.05, 0) is 57.1 Å². The van der Waals surface area contributed by atoms with E-state index in [0.29, 0.717) is 16.5 Å². The van der Waals surface area contributed by atoms with Gasteiger partial charge >= 0.3 is 0 Å². The van der Waals surface area contributed by atoms with Crippen molar-refractivity contribution in [1.29, 1.82) is 0 Å². The number of anilines is 1. The predicted molar refractivity (Wildman–Crippen MR) is 88.2 cm³/mol. The van der Waals surface area contributed by atoms with Gasteiger partial charge in [0.1, 0.15) is 0 Å². The Morgan fingerprint density at radius 2 is 2.05 bits per heavy atom. The van der Waals surface area contributed by atoms with Gasteiger partial charge in [-0.15, -0.1) is 0 Å². The Balaban J connectivity index is 1.97. The summed E-state index contributed by atoms with van der Waals surface area (Å²) in [5, 5.41) is 3.94. The lowest BCUT2D eigenvalue weighted by Gasteiger charge is -2.29. The molecule has 1 saturated heterocycles. The molecule has 1 heterocycles. The Hall–Kier alpha value is -1.26. The van der Waals surface area contributed by atoms with Gasteiger partial charge in [0.2, 0.25) is 0 Å². The van der Waals surface area contributed by atoms with Crippen molar-refractivity contribution < 1.29 is 4.79 Å². The van der Waals surface area contributed by atoms with Crippen molar-refractivity contribution in [3.63, 3.8) is 0 Å². The lowest BCUT2D eigenvalue weighted by atomic mass is 9.97. The minimum Gasteiger partial charge on any atom is -0.385 e. The topological polar surface area (TPSA) is 35.6 Å². The van der Waals surface area contributed by atoms with Gasteiger partial charge in [-0.25, -0.2) is 0 Å². The zero-order valence-electron chi connectivity index (χ0n) is 13.0. The van der Waals surface area contributed by atoms with Crippen LogP contribution in [0.25, 0.3) is 0 Å². The number of hydrogen-bond donors (Lipinski definition) is 1. The third-order valence-corrected chi connectivity index (χ3v) is 4.37. The van der Waals surface area contributed by atoms with Crippen LogP contribution in [-0.2, 0) is 0 Å². The molecule has 1 aliphatic heterocycles. The van der Waals surface area contributed by atoms with Crippen molar-refractivity contribution in [3.05, 3.63) is 28.8 Å². The molecule has 0 radical (unpaired) electrons. The molecule has 4 nitrogen and oxygen atoms in total. The first kappa shape index (κ1) is 16.1. The van der Waals surface area contributed by atoms with E-state index in [1.165, 1.54) is 12.8 Å². The Morgan fingerprint density at radius 3 is 2.67 bits per heavy atom. The van der Waals surface area contributed by atoms with Gasteiger partial charge in [0.05, 0.1) is 10.6 Å². The van der Waals surface area contributed by atoms with Crippen molar-refractivity contribution in [2.45, 2.75) is 12.8 Å². The maximum Gasteiger partial charge on any atom is 0.254 e. The summed E-state index contributed by atoms with van der Waals surface area (Å²) >= 11 is 6.12. The second-order valence-corrected chi connectivity index (χ2v) is 6.43. The molecule has 1 amide bonds. The van der Waals surface area contributed by atoms with Crippen LogP contribution in [0.3, 0.4) is 0 Å². The third-order valence-electron chi connectivity index (χ3n) is 4.04. The lowest BCUT2D eigenvalue weighted by Crippen LogP contribution is -2.33. The number of likely N-dealkylation sites (tertiary alicyclic amines) is 1. The number of piperidine rings is 1. The highest BCUT2D eigenvalue weighted by Gasteiger charge is 2.17. The Labute approximate surface area is 132 Å². The van der Waals surface area contributed by atoms with Gasteiger partial charge in [-0.3, -0.25) is 4.79 Å². The molecule has 2 rings (SSSR count). The quantitative estimate of drug-likeness (QED) is 0.929. The molecule has 1 N–H and O–H groups in total. The Kier molecular flexibility index (Phi) is 5.48. The number of nitrogens with one attached hydrogen (secondary N) is 1. The first-order valence-corrected chi connectivity index (χ1v) is 7.79. The summed E-state index contributed by atoms with van der Waals surface area (Å²) in [5.74, 6) is 0.632. The van der Waals surface area contributed by atoms with Crippen LogP contribution < -0.4 is 5.32 Å². The fourth-order valence-corrected chi connectivity index (χ4v) is 2.77. The largest absolute Gasteiger partial charge is 0.385 e. The molecule has 1 aromatic rings. The average molecular weight is 310 g/mol. The van der Waals surface area contributed by atoms with Crippen LogP contribution in [0.15, 0.2) is 18.2 Å². The van der Waals surface area contributed by atoms with E-state index in [9.17, 15) is 4.79 Å². The molecule has 1 fully saturated rings. The van der Waals surface area contributed by atoms with E-state index in [0.717, 1.165) is 25.3 Å². The van der Waals surface area contributed by atoms with E-state index in [4.69, 9.17) is 11.6 Å². The molecule has 0 saturated carbocycles. The van der Waals surface area contributed by atoms with Gasteiger partial charge in [-0.1, -0.05) is 11.6 Å². The second kappa shape index (κ2) is 7.14. The van der Waals surface area contributed by atoms with Crippen LogP contribution in [-0.4, -0.2) is 56.5 Å². The van der Waals surface area contributed by atoms with Crippen molar-refractivity contribution in [2.75, 3.05) is 46.1 Å². The zero-order chi connectivity index (χ0) is 15.4. The number of amides is 1. The fraction of sp³-hybridized carbons (Fsp3) is 0.562. The van der Waals surface area contributed by atoms with Gasteiger partial charge in [0, 0.05) is 26.3 Å². The van der Waals surface area contributed by atoms with Crippen molar-refractivity contribution in [1.82, 2.24) is 9.80 Å². The molecule has 0 unspecified atom stereocenters. The lowest BCUT2D eigenvalue weighted by molar-refractivity contribution is 0.0828. The molecule has 0 atom stereocenters. The summed E-state index contributed by atoms with van der Waals surface area (Å²) in [5.41, 5.74) is 1.51. The van der Waals surface area contributed by atoms with Crippen molar-refractivity contribution >= 4 is 23.2 Å². The SMILES string of the molecule is CN1CCC(CNc2ccc(Cl)c(C(=O)N(C)C)c2)CC1. The third kappa shape index (κ3) is 4.35. The second-order valence-electron chi connectivity index (χ2n) is 6.02. The first-order valence-electron chi connectivity index (χ1n) is 7.41. The molecule has 0 bridgehead atoms. The van der Waals surface area contributed by atoms with E-state index < -0.39 is 0 Å². The summed E-state index contributed by atoms with van der Waals surface area (Å²) in [6.07, 6.45) is 2.45. The molecular weight excluding hydrogens is 286 g/mol. The van der Waals surface area contributed by atoms with Crippen LogP contribution in [0, 0.1) is 5.92 Å². The van der Waals surface area contributed by atoms with E-state index in [-0.39, 0.29) is 5.91 Å². The summed E-state index contributed by atoms with van der Waals surface area (Å²) in [4.78, 5) is 16.0. The van der Waals surface area contributed by atoms with Gasteiger partial charge in [0.25, 0.3) is 5.91 Å². The Morgan fingerprint density at radius 1 is 1.38 bits per heavy atom. The molecule has 0 aliphatic carbocycles. The van der Waals surface area contributed by atoms with Crippen LogP contribution in [0.4, 0.5) is 5.69 Å². The molecule has 0 aromatic heterocycles. The van der Waals surface area contributed by atoms with Crippen molar-refractivity contribution in [3.8, 4) is 0 Å². The standard InChI is InChI=1S/C16H24ClN3O/c1-19(2)16(21)14-10-13(4-5-15(14)17)18-11-12-6-8-20(3)9-7-12/h4-5,10,12,18H,6-9,11H2,1-3H3. The zero-order valence-corrected chi connectivity index (χ0v) is 13.8. The normalized spacial score (nSPS) is 16.8. The minimum absolute atomic E-state index is 0.0667. The summed E-state index contributed by atoms with van der Waals surface area (Å²) < 4.78 is 0. The van der Waals surface area contributed by atoms with Crippen LogP contribution >= 0.6 is 11.6 Å². The molecule has 1 aromatic carbocycles. The van der Waals surface area contributed by atoms with Crippen LogP contribution in [0.5, 0.6) is 0 Å². The van der Waals surface area contributed by atoms with E-state index in [1.807, 2.05) is 12.1 Å². The van der Waals surface area contributed by atoms with E-state index in [1.54, 1.807) is 25.1 Å². The van der Waals surface area contributed by atoms with Gasteiger partial charge < -0.3 is 15.1 Å².